The lowest BCUT2D eigenvalue weighted by atomic mass is 10.2. The maximum atomic E-state index is 13.1. The molecule has 0 atom stereocenters. The first-order valence-corrected chi connectivity index (χ1v) is 5.37. The third-order valence-corrected chi connectivity index (χ3v) is 2.58. The number of nitrogens with two attached hydrogens (primary N) is 1. The van der Waals surface area contributed by atoms with Crippen molar-refractivity contribution in [2.24, 2.45) is 0 Å². The third-order valence-electron chi connectivity index (χ3n) is 2.58. The maximum absolute atomic E-state index is 13.1. The molecule has 0 spiro atoms. The molecule has 2 aromatic heterocycles. The summed E-state index contributed by atoms with van der Waals surface area (Å²) in [6.07, 6.45) is 2.65. The number of rotatable bonds is 1. The highest BCUT2D eigenvalue weighted by Crippen LogP contribution is 2.24. The fraction of sp³-hybridized carbons (Fsp3) is 0. The smallest absolute Gasteiger partial charge is 0.150 e. The average Bonchev–Trinajstić information content (AvgIpc) is 2.38. The van der Waals surface area contributed by atoms with Gasteiger partial charge in [-0.3, -0.25) is 4.98 Å². The molecule has 0 saturated carbocycles. The predicted molar refractivity (Wildman–Crippen MR) is 67.1 cm³/mol. The first kappa shape index (κ1) is 10.6. The number of fused-ring (bicyclic) bond motifs is 1. The van der Waals surface area contributed by atoms with Gasteiger partial charge in [-0.2, -0.15) is 0 Å². The molecule has 0 aliphatic carbocycles. The summed E-state index contributed by atoms with van der Waals surface area (Å²) in [5.74, 6) is -0.164. The topological polar surface area (TPSA) is 64.7 Å². The minimum absolute atomic E-state index is 0.265. The van der Waals surface area contributed by atoms with E-state index in [0.29, 0.717) is 22.3 Å². The number of benzene rings is 1. The van der Waals surface area contributed by atoms with Crippen LogP contribution in [0, 0.1) is 5.82 Å². The molecule has 0 bridgehead atoms. The number of para-hydroxylation sites is 2. The van der Waals surface area contributed by atoms with Crippen LogP contribution in [0.25, 0.3) is 22.3 Å². The lowest BCUT2D eigenvalue weighted by molar-refractivity contribution is 0.622. The molecule has 2 N–H and O–H groups in total. The summed E-state index contributed by atoms with van der Waals surface area (Å²) in [5, 5.41) is 0. The highest BCUT2D eigenvalue weighted by atomic mass is 19.1. The van der Waals surface area contributed by atoms with Crippen LogP contribution < -0.4 is 5.73 Å². The molecular formula is C13H9FN4. The molecule has 3 rings (SSSR count). The standard InChI is InChI=1S/C13H9FN4/c14-9-5-8(6-16-7-9)12-13(15)18-11-4-2-1-3-10(11)17-12/h1-7H,(H2,15,18). The Labute approximate surface area is 102 Å². The van der Waals surface area contributed by atoms with E-state index in [-0.39, 0.29) is 5.82 Å². The first-order valence-electron chi connectivity index (χ1n) is 5.37. The van der Waals surface area contributed by atoms with Crippen LogP contribution >= 0.6 is 0 Å². The van der Waals surface area contributed by atoms with Crippen LogP contribution in [0.4, 0.5) is 10.2 Å². The number of nitrogen functional groups attached to an aromatic ring is 1. The number of pyridine rings is 1. The lowest BCUT2D eigenvalue weighted by Crippen LogP contribution is -1.99. The number of anilines is 1. The zero-order valence-electron chi connectivity index (χ0n) is 9.34. The molecule has 1 aromatic carbocycles. The van der Waals surface area contributed by atoms with Crippen molar-refractivity contribution in [2.75, 3.05) is 5.73 Å². The summed E-state index contributed by atoms with van der Waals surface area (Å²) >= 11 is 0. The molecule has 0 saturated heterocycles. The van der Waals surface area contributed by atoms with Gasteiger partial charge in [0.15, 0.2) is 5.82 Å². The Balaban J connectivity index is 2.26. The molecule has 0 amide bonds. The summed E-state index contributed by atoms with van der Waals surface area (Å²) in [6.45, 7) is 0. The van der Waals surface area contributed by atoms with Crippen LogP contribution in [0.3, 0.4) is 0 Å². The molecule has 0 radical (unpaired) electrons. The van der Waals surface area contributed by atoms with Crippen LogP contribution in [-0.2, 0) is 0 Å². The number of aromatic nitrogens is 3. The van der Waals surface area contributed by atoms with E-state index >= 15 is 0 Å². The Morgan fingerprint density at radius 2 is 1.72 bits per heavy atom. The van der Waals surface area contributed by atoms with Gasteiger partial charge in [-0.15, -0.1) is 0 Å². The van der Waals surface area contributed by atoms with Crippen molar-refractivity contribution in [3.8, 4) is 11.3 Å². The van der Waals surface area contributed by atoms with E-state index in [0.717, 1.165) is 6.20 Å². The molecule has 0 aliphatic heterocycles. The van der Waals surface area contributed by atoms with Crippen molar-refractivity contribution in [1.29, 1.82) is 0 Å². The van der Waals surface area contributed by atoms with Gasteiger partial charge in [0.1, 0.15) is 11.5 Å². The third kappa shape index (κ3) is 1.75. The van der Waals surface area contributed by atoms with Crippen LogP contribution in [0.5, 0.6) is 0 Å². The molecular weight excluding hydrogens is 231 g/mol. The number of nitrogens with zero attached hydrogens (tertiary/aromatic N) is 3. The zero-order chi connectivity index (χ0) is 12.5. The number of hydrogen-bond donors (Lipinski definition) is 1. The van der Waals surface area contributed by atoms with Crippen molar-refractivity contribution < 1.29 is 4.39 Å². The Hall–Kier alpha value is -2.56. The normalized spacial score (nSPS) is 10.7. The number of halogens is 1. The van der Waals surface area contributed by atoms with Crippen molar-refractivity contribution in [1.82, 2.24) is 15.0 Å². The highest BCUT2D eigenvalue weighted by Gasteiger charge is 2.09. The molecule has 18 heavy (non-hydrogen) atoms. The molecule has 88 valence electrons. The summed E-state index contributed by atoms with van der Waals surface area (Å²) in [4.78, 5) is 12.4. The summed E-state index contributed by atoms with van der Waals surface area (Å²) in [6, 6.07) is 8.72. The van der Waals surface area contributed by atoms with E-state index in [4.69, 9.17) is 5.73 Å². The second kappa shape index (κ2) is 4.03. The van der Waals surface area contributed by atoms with Gasteiger partial charge in [0.2, 0.25) is 0 Å². The summed E-state index contributed by atoms with van der Waals surface area (Å²) in [5.41, 5.74) is 8.23. The zero-order valence-corrected chi connectivity index (χ0v) is 9.34. The Bertz CT molecular complexity index is 727. The fourth-order valence-corrected chi connectivity index (χ4v) is 1.77. The average molecular weight is 240 g/mol. The lowest BCUT2D eigenvalue weighted by Gasteiger charge is -2.05. The minimum atomic E-state index is -0.429. The molecule has 3 aromatic rings. The van der Waals surface area contributed by atoms with Gasteiger partial charge in [-0.05, 0) is 18.2 Å². The van der Waals surface area contributed by atoms with E-state index in [2.05, 4.69) is 15.0 Å². The van der Waals surface area contributed by atoms with Crippen LogP contribution in [-0.4, -0.2) is 15.0 Å². The second-order valence-corrected chi connectivity index (χ2v) is 3.84. The van der Waals surface area contributed by atoms with Crippen molar-refractivity contribution >= 4 is 16.9 Å². The van der Waals surface area contributed by atoms with Gasteiger partial charge in [0.25, 0.3) is 0 Å². The highest BCUT2D eigenvalue weighted by molar-refractivity contribution is 5.82. The molecule has 0 unspecified atom stereocenters. The van der Waals surface area contributed by atoms with Crippen molar-refractivity contribution in [2.45, 2.75) is 0 Å². The SMILES string of the molecule is Nc1nc2ccccc2nc1-c1cncc(F)c1. The van der Waals surface area contributed by atoms with Gasteiger partial charge in [-0.1, -0.05) is 12.1 Å². The van der Waals surface area contributed by atoms with Crippen LogP contribution in [0.15, 0.2) is 42.7 Å². The molecule has 2 heterocycles. The predicted octanol–water partition coefficient (Wildman–Crippen LogP) is 2.41. The van der Waals surface area contributed by atoms with E-state index in [1.807, 2.05) is 24.3 Å². The van der Waals surface area contributed by atoms with Crippen LogP contribution in [0.1, 0.15) is 0 Å². The monoisotopic (exact) mass is 240 g/mol. The first-order chi connectivity index (χ1) is 8.74. The molecule has 5 heteroatoms. The molecule has 4 nitrogen and oxygen atoms in total. The Kier molecular flexibility index (Phi) is 2.37. The van der Waals surface area contributed by atoms with Gasteiger partial charge >= 0.3 is 0 Å². The fourth-order valence-electron chi connectivity index (χ4n) is 1.77. The summed E-state index contributed by atoms with van der Waals surface area (Å²) < 4.78 is 13.1. The Morgan fingerprint density at radius 1 is 1.00 bits per heavy atom. The van der Waals surface area contributed by atoms with E-state index in [1.165, 1.54) is 12.3 Å². The van der Waals surface area contributed by atoms with Gasteiger partial charge in [0.05, 0.1) is 17.2 Å². The van der Waals surface area contributed by atoms with Crippen molar-refractivity contribution in [3.05, 3.63) is 48.5 Å². The summed E-state index contributed by atoms with van der Waals surface area (Å²) in [7, 11) is 0. The van der Waals surface area contributed by atoms with Gasteiger partial charge in [0, 0.05) is 11.8 Å². The Morgan fingerprint density at radius 3 is 2.44 bits per heavy atom. The maximum Gasteiger partial charge on any atom is 0.150 e. The largest absolute Gasteiger partial charge is 0.382 e. The van der Waals surface area contributed by atoms with Gasteiger partial charge in [-0.25, -0.2) is 14.4 Å². The van der Waals surface area contributed by atoms with E-state index in [9.17, 15) is 4.39 Å². The molecule has 0 aliphatic rings. The van der Waals surface area contributed by atoms with Crippen LogP contribution in [0.2, 0.25) is 0 Å². The van der Waals surface area contributed by atoms with Crippen molar-refractivity contribution in [3.63, 3.8) is 0 Å². The van der Waals surface area contributed by atoms with E-state index in [1.54, 1.807) is 0 Å². The van der Waals surface area contributed by atoms with E-state index < -0.39 is 5.82 Å². The second-order valence-electron chi connectivity index (χ2n) is 3.84. The number of hydrogen-bond acceptors (Lipinski definition) is 4. The quantitative estimate of drug-likeness (QED) is 0.709. The molecule has 0 fully saturated rings. The van der Waals surface area contributed by atoms with Gasteiger partial charge < -0.3 is 5.73 Å². The minimum Gasteiger partial charge on any atom is -0.382 e.